The number of rotatable bonds is 5. The molecule has 0 unspecified atom stereocenters. The highest BCUT2D eigenvalue weighted by molar-refractivity contribution is 7.86. The van der Waals surface area contributed by atoms with Crippen LogP contribution in [0.5, 0.6) is 0 Å². The lowest BCUT2D eigenvalue weighted by atomic mass is 10.2. The van der Waals surface area contributed by atoms with Gasteiger partial charge in [0.25, 0.3) is 32.1 Å². The lowest BCUT2D eigenvalue weighted by Crippen LogP contribution is -2.19. The minimum atomic E-state index is -4.31. The van der Waals surface area contributed by atoms with Crippen molar-refractivity contribution in [2.24, 2.45) is 10.2 Å². The number of nitrogens with zero attached hydrogens (tertiary/aromatic N) is 4. The van der Waals surface area contributed by atoms with Crippen molar-refractivity contribution in [3.63, 3.8) is 0 Å². The maximum absolute atomic E-state index is 11.6. The SMILES string of the molecule is CC1=NN(c2ccc(S(=O)(=O)O)cc2)C(=O)C1.O=C(O)C1=NN(c2ccc(S(=O)(=O)O)cc2)C(=O)C1. The van der Waals surface area contributed by atoms with Crippen LogP contribution in [0.25, 0.3) is 0 Å². The molecule has 2 aromatic rings. The standard InChI is InChI=1S/C10H8N2O6S.C10H10N2O4S/c13-9-5-8(10(14)15)11-12(9)6-1-3-7(4-2-6)19(16,17)18;1-7-6-10(13)12(11-7)8-2-4-9(5-3-8)17(14,15)16/h1-4H,5H2,(H,14,15)(H,16,17,18);2-5H,6H2,1H3,(H,14,15,16). The summed E-state index contributed by atoms with van der Waals surface area (Å²) >= 11 is 0. The van der Waals surface area contributed by atoms with Crippen molar-refractivity contribution in [2.45, 2.75) is 29.6 Å². The van der Waals surface area contributed by atoms with Crippen LogP contribution in [0.4, 0.5) is 11.4 Å². The highest BCUT2D eigenvalue weighted by Crippen LogP contribution is 2.23. The van der Waals surface area contributed by atoms with Gasteiger partial charge >= 0.3 is 5.97 Å². The van der Waals surface area contributed by atoms with E-state index in [0.717, 1.165) is 17.1 Å². The first-order valence-electron chi connectivity index (χ1n) is 9.82. The number of carbonyl (C=O) groups excluding carboxylic acids is 2. The lowest BCUT2D eigenvalue weighted by Gasteiger charge is -2.11. The largest absolute Gasteiger partial charge is 0.477 e. The third-order valence-corrected chi connectivity index (χ3v) is 6.43. The molecule has 2 aliphatic heterocycles. The van der Waals surface area contributed by atoms with Crippen molar-refractivity contribution in [3.05, 3.63) is 48.5 Å². The fourth-order valence-corrected chi connectivity index (χ4v) is 3.99. The summed E-state index contributed by atoms with van der Waals surface area (Å²) in [5, 5.41) is 18.4. The number of carboxylic acid groups (broad SMARTS) is 1. The van der Waals surface area contributed by atoms with E-state index in [1.807, 2.05) is 0 Å². The van der Waals surface area contributed by atoms with Crippen LogP contribution in [0, 0.1) is 0 Å². The molecular weight excluding hydrogens is 520 g/mol. The van der Waals surface area contributed by atoms with Crippen LogP contribution >= 0.6 is 0 Å². The maximum atomic E-state index is 11.6. The van der Waals surface area contributed by atoms with Gasteiger partial charge in [-0.05, 0) is 55.5 Å². The number of hydrazone groups is 2. The number of anilines is 2. The summed E-state index contributed by atoms with van der Waals surface area (Å²) in [6.07, 6.45) is -0.0601. The molecule has 2 amide bonds. The Hall–Kier alpha value is -3.99. The Labute approximate surface area is 204 Å². The van der Waals surface area contributed by atoms with Crippen LogP contribution < -0.4 is 10.0 Å². The smallest absolute Gasteiger partial charge is 0.352 e. The Kier molecular flexibility index (Phi) is 7.35. The minimum absolute atomic E-state index is 0.165. The number of carboxylic acids is 1. The second kappa shape index (κ2) is 9.94. The van der Waals surface area contributed by atoms with Gasteiger partial charge in [0.2, 0.25) is 0 Å². The Morgan fingerprint density at radius 2 is 1.14 bits per heavy atom. The number of carbonyl (C=O) groups is 3. The predicted molar refractivity (Wildman–Crippen MR) is 125 cm³/mol. The van der Waals surface area contributed by atoms with E-state index in [-0.39, 0.29) is 39.9 Å². The van der Waals surface area contributed by atoms with Crippen LogP contribution in [-0.4, -0.2) is 60.3 Å². The van der Waals surface area contributed by atoms with E-state index >= 15 is 0 Å². The van der Waals surface area contributed by atoms with Gasteiger partial charge < -0.3 is 5.11 Å². The van der Waals surface area contributed by atoms with Gasteiger partial charge in [-0.25, -0.2) is 9.80 Å². The van der Waals surface area contributed by atoms with Gasteiger partial charge in [0.15, 0.2) is 5.71 Å². The zero-order valence-electron chi connectivity index (χ0n) is 18.3. The lowest BCUT2D eigenvalue weighted by molar-refractivity contribution is -0.129. The first-order valence-corrected chi connectivity index (χ1v) is 12.7. The normalized spacial score (nSPS) is 15.9. The summed E-state index contributed by atoms with van der Waals surface area (Å²) in [5.74, 6) is -1.98. The van der Waals surface area contributed by atoms with Crippen LogP contribution in [-0.2, 0) is 34.6 Å². The molecule has 3 N–H and O–H groups in total. The molecule has 0 bridgehead atoms. The molecule has 4 rings (SSSR count). The molecule has 0 radical (unpaired) electrons. The van der Waals surface area contributed by atoms with Crippen LogP contribution in [0.3, 0.4) is 0 Å². The number of benzene rings is 2. The first-order chi connectivity index (χ1) is 16.7. The number of aliphatic carboxylic acids is 1. The fourth-order valence-electron chi connectivity index (χ4n) is 3.03. The first kappa shape index (κ1) is 26.6. The molecule has 0 spiro atoms. The zero-order chi connectivity index (χ0) is 26.8. The van der Waals surface area contributed by atoms with Gasteiger partial charge in [0.1, 0.15) is 0 Å². The maximum Gasteiger partial charge on any atom is 0.352 e. The van der Waals surface area contributed by atoms with Crippen LogP contribution in [0.2, 0.25) is 0 Å². The van der Waals surface area contributed by atoms with E-state index < -0.39 is 32.1 Å². The molecule has 0 saturated heterocycles. The number of hydrogen-bond donors (Lipinski definition) is 3. The summed E-state index contributed by atoms with van der Waals surface area (Å²) in [7, 11) is -8.52. The Balaban J connectivity index is 0.000000202. The van der Waals surface area contributed by atoms with Gasteiger partial charge in [-0.2, -0.15) is 32.0 Å². The van der Waals surface area contributed by atoms with Gasteiger partial charge in [0, 0.05) is 5.71 Å². The topological polar surface area (TPSA) is 211 Å². The highest BCUT2D eigenvalue weighted by atomic mass is 32.2. The molecule has 0 atom stereocenters. The molecule has 14 nitrogen and oxygen atoms in total. The number of amides is 2. The van der Waals surface area contributed by atoms with E-state index in [9.17, 15) is 31.2 Å². The second-order valence-electron chi connectivity index (χ2n) is 7.39. The summed E-state index contributed by atoms with van der Waals surface area (Å²) in [6, 6.07) is 9.96. The molecule has 0 saturated carbocycles. The minimum Gasteiger partial charge on any atom is -0.477 e. The zero-order valence-corrected chi connectivity index (χ0v) is 20.0. The molecule has 0 aromatic heterocycles. The average molecular weight is 539 g/mol. The van der Waals surface area contributed by atoms with E-state index in [1.165, 1.54) is 41.4 Å². The van der Waals surface area contributed by atoms with Crippen molar-refractivity contribution < 1.29 is 45.4 Å². The highest BCUT2D eigenvalue weighted by Gasteiger charge is 2.29. The molecular formula is C20H18N4O10S2. The van der Waals surface area contributed by atoms with E-state index in [1.54, 1.807) is 6.92 Å². The van der Waals surface area contributed by atoms with E-state index in [4.69, 9.17) is 14.2 Å². The van der Waals surface area contributed by atoms with Gasteiger partial charge in [-0.1, -0.05) is 0 Å². The molecule has 36 heavy (non-hydrogen) atoms. The number of hydrogen-bond acceptors (Lipinski definition) is 9. The molecule has 2 aromatic carbocycles. The van der Waals surface area contributed by atoms with Crippen molar-refractivity contribution in [2.75, 3.05) is 10.0 Å². The molecule has 0 fully saturated rings. The summed E-state index contributed by atoms with van der Waals surface area (Å²) < 4.78 is 60.9. The van der Waals surface area contributed by atoms with Crippen molar-refractivity contribution in [1.82, 2.24) is 0 Å². The molecule has 0 aliphatic carbocycles. The Morgan fingerprint density at radius 1 is 0.750 bits per heavy atom. The van der Waals surface area contributed by atoms with Crippen LogP contribution in [0.15, 0.2) is 68.5 Å². The van der Waals surface area contributed by atoms with Crippen molar-refractivity contribution >= 4 is 60.8 Å². The molecule has 16 heteroatoms. The van der Waals surface area contributed by atoms with Gasteiger partial charge in [-0.15, -0.1) is 0 Å². The summed E-state index contributed by atoms with van der Waals surface area (Å²) in [4.78, 5) is 33.2. The van der Waals surface area contributed by atoms with Gasteiger partial charge in [-0.3, -0.25) is 18.7 Å². The summed E-state index contributed by atoms with van der Waals surface area (Å²) in [6.45, 7) is 1.74. The van der Waals surface area contributed by atoms with E-state index in [0.29, 0.717) is 11.4 Å². The monoisotopic (exact) mass is 538 g/mol. The quantitative estimate of drug-likeness (QED) is 0.462. The molecule has 2 heterocycles. The Bertz CT molecular complexity index is 1500. The molecule has 2 aliphatic rings. The van der Waals surface area contributed by atoms with Gasteiger partial charge in [0.05, 0.1) is 34.0 Å². The third-order valence-electron chi connectivity index (χ3n) is 4.69. The summed E-state index contributed by atoms with van der Waals surface area (Å²) in [5.41, 5.74) is 1.10. The average Bonchev–Trinajstić information content (AvgIpc) is 3.34. The molecule has 190 valence electrons. The third kappa shape index (κ3) is 6.16. The second-order valence-corrected chi connectivity index (χ2v) is 10.2. The fraction of sp³-hybridized carbons (Fsp3) is 0.150. The van der Waals surface area contributed by atoms with E-state index in [2.05, 4.69) is 10.2 Å². The predicted octanol–water partition coefficient (Wildman–Crippen LogP) is 1.16. The Morgan fingerprint density at radius 3 is 1.44 bits per heavy atom. The van der Waals surface area contributed by atoms with Crippen molar-refractivity contribution in [1.29, 1.82) is 0 Å². The van der Waals surface area contributed by atoms with Crippen molar-refractivity contribution in [3.8, 4) is 0 Å². The van der Waals surface area contributed by atoms with Crippen LogP contribution in [0.1, 0.15) is 19.8 Å².